The van der Waals surface area contributed by atoms with Gasteiger partial charge in [-0.15, -0.1) is 0 Å². The number of hydrogen-bond donors (Lipinski definition) is 1. The van der Waals surface area contributed by atoms with Crippen molar-refractivity contribution in [2.45, 2.75) is 6.61 Å². The Hall–Kier alpha value is -2.07. The standard InChI is InChI=1S/C12H10N2O2/c15-7-10-6-13-11(8-16)14-12(10)9-4-2-1-3-5-9/h1-6,8,15H,7H2. The van der Waals surface area contributed by atoms with Crippen LogP contribution in [0.5, 0.6) is 0 Å². The molecule has 0 aliphatic rings. The van der Waals surface area contributed by atoms with Gasteiger partial charge in [0.15, 0.2) is 12.1 Å². The molecule has 1 aromatic carbocycles. The van der Waals surface area contributed by atoms with E-state index in [1.165, 1.54) is 6.20 Å². The largest absolute Gasteiger partial charge is 0.392 e. The molecule has 0 atom stereocenters. The third kappa shape index (κ3) is 1.97. The van der Waals surface area contributed by atoms with Crippen LogP contribution in [-0.2, 0) is 6.61 Å². The second-order valence-electron chi connectivity index (χ2n) is 3.24. The number of aldehydes is 1. The van der Waals surface area contributed by atoms with Crippen molar-refractivity contribution < 1.29 is 9.90 Å². The topological polar surface area (TPSA) is 63.1 Å². The molecule has 1 N–H and O–H groups in total. The predicted octanol–water partition coefficient (Wildman–Crippen LogP) is 1.45. The van der Waals surface area contributed by atoms with Gasteiger partial charge in [-0.3, -0.25) is 4.79 Å². The fourth-order valence-electron chi connectivity index (χ4n) is 1.44. The molecule has 0 amide bonds. The lowest BCUT2D eigenvalue weighted by atomic mass is 10.1. The number of benzene rings is 1. The Morgan fingerprint density at radius 2 is 2.00 bits per heavy atom. The van der Waals surface area contributed by atoms with Crippen molar-refractivity contribution in [1.82, 2.24) is 9.97 Å². The minimum atomic E-state index is -0.149. The van der Waals surface area contributed by atoms with Crippen molar-refractivity contribution in [3.8, 4) is 11.3 Å². The first kappa shape index (κ1) is 10.4. The van der Waals surface area contributed by atoms with Gasteiger partial charge in [0.2, 0.25) is 0 Å². The SMILES string of the molecule is O=Cc1ncc(CO)c(-c2ccccc2)n1. The minimum absolute atomic E-state index is 0.121. The summed E-state index contributed by atoms with van der Waals surface area (Å²) in [5.74, 6) is 0.121. The Labute approximate surface area is 92.6 Å². The van der Waals surface area contributed by atoms with E-state index in [-0.39, 0.29) is 12.4 Å². The number of carbonyl (C=O) groups is 1. The van der Waals surface area contributed by atoms with Gasteiger partial charge >= 0.3 is 0 Å². The van der Waals surface area contributed by atoms with Crippen LogP contribution in [0.4, 0.5) is 0 Å². The average Bonchev–Trinajstić information content (AvgIpc) is 2.39. The Bertz CT molecular complexity index is 498. The van der Waals surface area contributed by atoms with E-state index in [0.717, 1.165) is 5.56 Å². The molecule has 4 heteroatoms. The molecule has 0 aliphatic heterocycles. The Morgan fingerprint density at radius 1 is 1.25 bits per heavy atom. The number of hydrogen-bond acceptors (Lipinski definition) is 4. The summed E-state index contributed by atoms with van der Waals surface area (Å²) in [5.41, 5.74) is 2.06. The molecule has 0 saturated heterocycles. The van der Waals surface area contributed by atoms with Crippen LogP contribution in [0.25, 0.3) is 11.3 Å². The lowest BCUT2D eigenvalue weighted by Gasteiger charge is -2.06. The first-order chi connectivity index (χ1) is 7.85. The fourth-order valence-corrected chi connectivity index (χ4v) is 1.44. The Kier molecular flexibility index (Phi) is 3.03. The zero-order valence-electron chi connectivity index (χ0n) is 8.50. The molecule has 1 aromatic heterocycles. The molecule has 80 valence electrons. The molecule has 2 rings (SSSR count). The highest BCUT2D eigenvalue weighted by Crippen LogP contribution is 2.20. The molecular formula is C12H10N2O2. The molecule has 0 fully saturated rings. The fraction of sp³-hybridized carbons (Fsp3) is 0.0833. The number of aromatic nitrogens is 2. The van der Waals surface area contributed by atoms with Crippen molar-refractivity contribution >= 4 is 6.29 Å². The summed E-state index contributed by atoms with van der Waals surface area (Å²) in [6.45, 7) is -0.149. The molecule has 0 aliphatic carbocycles. The first-order valence-corrected chi connectivity index (χ1v) is 4.82. The molecule has 0 saturated carbocycles. The van der Waals surface area contributed by atoms with E-state index in [2.05, 4.69) is 9.97 Å². The van der Waals surface area contributed by atoms with Crippen molar-refractivity contribution in [3.63, 3.8) is 0 Å². The highest BCUT2D eigenvalue weighted by Gasteiger charge is 2.07. The molecule has 0 bridgehead atoms. The van der Waals surface area contributed by atoms with Crippen LogP contribution in [-0.4, -0.2) is 21.4 Å². The molecule has 2 aromatic rings. The zero-order valence-corrected chi connectivity index (χ0v) is 8.50. The summed E-state index contributed by atoms with van der Waals surface area (Å²) in [6.07, 6.45) is 2.06. The second kappa shape index (κ2) is 4.63. The monoisotopic (exact) mass is 214 g/mol. The quantitative estimate of drug-likeness (QED) is 0.785. The number of carbonyl (C=O) groups excluding carboxylic acids is 1. The highest BCUT2D eigenvalue weighted by molar-refractivity contribution is 5.72. The minimum Gasteiger partial charge on any atom is -0.392 e. The van der Waals surface area contributed by atoms with Gasteiger partial charge in [0.05, 0.1) is 12.3 Å². The maximum atomic E-state index is 10.6. The molecule has 1 heterocycles. The summed E-state index contributed by atoms with van der Waals surface area (Å²) < 4.78 is 0. The van der Waals surface area contributed by atoms with Crippen molar-refractivity contribution in [1.29, 1.82) is 0 Å². The maximum absolute atomic E-state index is 10.6. The summed E-state index contributed by atoms with van der Waals surface area (Å²) in [4.78, 5) is 18.5. The summed E-state index contributed by atoms with van der Waals surface area (Å²) in [5, 5.41) is 9.18. The molecule has 0 unspecified atom stereocenters. The van der Waals surface area contributed by atoms with Crippen LogP contribution in [0.2, 0.25) is 0 Å². The van der Waals surface area contributed by atoms with Crippen LogP contribution in [0.3, 0.4) is 0 Å². The van der Waals surface area contributed by atoms with Crippen molar-refractivity contribution in [3.05, 3.63) is 47.9 Å². The van der Waals surface area contributed by atoms with E-state index >= 15 is 0 Å². The van der Waals surface area contributed by atoms with Gasteiger partial charge in [0.1, 0.15) is 0 Å². The first-order valence-electron chi connectivity index (χ1n) is 4.82. The molecule has 16 heavy (non-hydrogen) atoms. The predicted molar refractivity (Wildman–Crippen MR) is 58.8 cm³/mol. The lowest BCUT2D eigenvalue weighted by molar-refractivity contribution is 0.111. The Balaban J connectivity index is 2.57. The number of nitrogens with zero attached hydrogens (tertiary/aromatic N) is 2. The van der Waals surface area contributed by atoms with E-state index in [1.807, 2.05) is 30.3 Å². The molecule has 0 radical (unpaired) electrons. The zero-order chi connectivity index (χ0) is 11.4. The third-order valence-electron chi connectivity index (χ3n) is 2.21. The van der Waals surface area contributed by atoms with E-state index in [4.69, 9.17) is 0 Å². The Morgan fingerprint density at radius 3 is 2.62 bits per heavy atom. The van der Waals surface area contributed by atoms with Gasteiger partial charge in [-0.05, 0) is 0 Å². The second-order valence-corrected chi connectivity index (χ2v) is 3.24. The van der Waals surface area contributed by atoms with Crippen LogP contribution < -0.4 is 0 Å². The van der Waals surface area contributed by atoms with Crippen molar-refractivity contribution in [2.75, 3.05) is 0 Å². The average molecular weight is 214 g/mol. The maximum Gasteiger partial charge on any atom is 0.193 e. The summed E-state index contributed by atoms with van der Waals surface area (Å²) in [7, 11) is 0. The summed E-state index contributed by atoms with van der Waals surface area (Å²) in [6, 6.07) is 9.38. The van der Waals surface area contributed by atoms with Gasteiger partial charge in [0, 0.05) is 17.3 Å². The van der Waals surface area contributed by atoms with Crippen molar-refractivity contribution in [2.24, 2.45) is 0 Å². The number of aliphatic hydroxyl groups excluding tert-OH is 1. The van der Waals surface area contributed by atoms with Gasteiger partial charge in [0.25, 0.3) is 0 Å². The van der Waals surface area contributed by atoms with Crippen LogP contribution in [0.15, 0.2) is 36.5 Å². The van der Waals surface area contributed by atoms with Crippen LogP contribution >= 0.6 is 0 Å². The molecule has 0 spiro atoms. The third-order valence-corrected chi connectivity index (χ3v) is 2.21. The normalized spacial score (nSPS) is 10.1. The van der Waals surface area contributed by atoms with E-state index < -0.39 is 0 Å². The van der Waals surface area contributed by atoms with Crippen LogP contribution in [0.1, 0.15) is 16.2 Å². The van der Waals surface area contributed by atoms with Gasteiger partial charge in [-0.25, -0.2) is 9.97 Å². The molecule has 4 nitrogen and oxygen atoms in total. The smallest absolute Gasteiger partial charge is 0.193 e. The lowest BCUT2D eigenvalue weighted by Crippen LogP contribution is -2.00. The van der Waals surface area contributed by atoms with Gasteiger partial charge < -0.3 is 5.11 Å². The van der Waals surface area contributed by atoms with Gasteiger partial charge in [-0.2, -0.15) is 0 Å². The highest BCUT2D eigenvalue weighted by atomic mass is 16.3. The van der Waals surface area contributed by atoms with E-state index in [0.29, 0.717) is 17.5 Å². The van der Waals surface area contributed by atoms with E-state index in [1.54, 1.807) is 0 Å². The van der Waals surface area contributed by atoms with Gasteiger partial charge in [-0.1, -0.05) is 30.3 Å². The molecular weight excluding hydrogens is 204 g/mol. The van der Waals surface area contributed by atoms with E-state index in [9.17, 15) is 9.90 Å². The number of aliphatic hydroxyl groups is 1. The van der Waals surface area contributed by atoms with Crippen LogP contribution in [0, 0.1) is 0 Å². The number of rotatable bonds is 3. The summed E-state index contributed by atoms with van der Waals surface area (Å²) >= 11 is 0.